The van der Waals surface area contributed by atoms with Gasteiger partial charge in [-0.15, -0.1) is 0 Å². The van der Waals surface area contributed by atoms with Crippen LogP contribution in [0.3, 0.4) is 0 Å². The summed E-state index contributed by atoms with van der Waals surface area (Å²) in [6.45, 7) is 6.49. The van der Waals surface area contributed by atoms with Crippen molar-refractivity contribution in [3.8, 4) is 5.75 Å². The lowest BCUT2D eigenvalue weighted by atomic mass is 10.3. The van der Waals surface area contributed by atoms with Gasteiger partial charge in [-0.1, -0.05) is 17.7 Å². The van der Waals surface area contributed by atoms with Crippen LogP contribution in [0.4, 0.5) is 14.5 Å². The van der Waals surface area contributed by atoms with E-state index >= 15 is 0 Å². The molecule has 0 N–H and O–H groups in total. The Bertz CT molecular complexity index is 656. The van der Waals surface area contributed by atoms with Crippen LogP contribution in [0.2, 0.25) is 5.15 Å². The van der Waals surface area contributed by atoms with E-state index in [9.17, 15) is 8.78 Å². The van der Waals surface area contributed by atoms with E-state index in [2.05, 4.69) is 9.83 Å². The Labute approximate surface area is 113 Å². The molecular weight excluding hydrogens is 274 g/mol. The Morgan fingerprint density at radius 3 is 2.68 bits per heavy atom. The molecule has 0 amide bonds. The first kappa shape index (κ1) is 13.2. The Hall–Kier alpha value is -2.19. The summed E-state index contributed by atoms with van der Waals surface area (Å²) in [4.78, 5) is 6.83. The highest BCUT2D eigenvalue weighted by Crippen LogP contribution is 2.24. The number of hydrogen-bond acceptors (Lipinski definition) is 2. The Kier molecular flexibility index (Phi) is 3.93. The molecule has 0 aliphatic rings. The molecular formula is C13H7ClF2N2O. The largest absolute Gasteiger partial charge is 0.484 e. The second kappa shape index (κ2) is 5.63. The average Bonchev–Trinajstić information content (AvgIpc) is 2.40. The van der Waals surface area contributed by atoms with Crippen LogP contribution in [-0.2, 0) is 6.61 Å². The molecule has 0 aliphatic heterocycles. The van der Waals surface area contributed by atoms with Crippen molar-refractivity contribution in [3.63, 3.8) is 0 Å². The fourth-order valence-electron chi connectivity index (χ4n) is 1.38. The molecule has 0 atom stereocenters. The van der Waals surface area contributed by atoms with E-state index in [1.807, 2.05) is 0 Å². The second-order valence-electron chi connectivity index (χ2n) is 3.58. The molecule has 0 spiro atoms. The first-order valence-electron chi connectivity index (χ1n) is 5.21. The number of nitrogens with zero attached hydrogens (tertiary/aromatic N) is 2. The van der Waals surface area contributed by atoms with E-state index in [-0.39, 0.29) is 28.9 Å². The van der Waals surface area contributed by atoms with Crippen molar-refractivity contribution in [2.24, 2.45) is 0 Å². The Morgan fingerprint density at radius 2 is 2.00 bits per heavy atom. The summed E-state index contributed by atoms with van der Waals surface area (Å²) in [7, 11) is 0. The summed E-state index contributed by atoms with van der Waals surface area (Å²) in [5.41, 5.74) is 0.151. The minimum absolute atomic E-state index is 0.0128. The lowest BCUT2D eigenvalue weighted by Gasteiger charge is -2.08. The molecule has 0 saturated heterocycles. The maximum atomic E-state index is 13.5. The van der Waals surface area contributed by atoms with E-state index in [1.54, 1.807) is 0 Å². The molecule has 0 unspecified atom stereocenters. The van der Waals surface area contributed by atoms with E-state index in [1.165, 1.54) is 18.2 Å². The molecule has 0 aliphatic carbocycles. The highest BCUT2D eigenvalue weighted by atomic mass is 35.5. The third kappa shape index (κ3) is 3.18. The molecule has 1 heterocycles. The van der Waals surface area contributed by atoms with Crippen molar-refractivity contribution in [1.29, 1.82) is 0 Å². The Balaban J connectivity index is 2.15. The predicted octanol–water partition coefficient (Wildman–Crippen LogP) is 4.14. The quantitative estimate of drug-likeness (QED) is 0.624. The summed E-state index contributed by atoms with van der Waals surface area (Å²) in [6, 6.07) is 6.24. The fourth-order valence-corrected chi connectivity index (χ4v) is 1.55. The predicted molar refractivity (Wildman–Crippen MR) is 66.2 cm³/mol. The second-order valence-corrected chi connectivity index (χ2v) is 3.96. The number of halogens is 3. The van der Waals surface area contributed by atoms with Gasteiger partial charge in [-0.3, -0.25) is 0 Å². The molecule has 19 heavy (non-hydrogen) atoms. The average molecular weight is 281 g/mol. The molecule has 96 valence electrons. The molecule has 0 bridgehead atoms. The zero-order valence-electron chi connectivity index (χ0n) is 9.53. The first-order valence-corrected chi connectivity index (χ1v) is 5.58. The molecule has 0 fully saturated rings. The summed E-state index contributed by atoms with van der Waals surface area (Å²) >= 11 is 5.63. The topological polar surface area (TPSA) is 26.5 Å². The lowest BCUT2D eigenvalue weighted by molar-refractivity contribution is 0.280. The van der Waals surface area contributed by atoms with E-state index in [0.29, 0.717) is 0 Å². The van der Waals surface area contributed by atoms with E-state index in [0.717, 1.165) is 12.1 Å². The van der Waals surface area contributed by atoms with Crippen molar-refractivity contribution in [2.75, 3.05) is 0 Å². The molecule has 0 radical (unpaired) electrons. The zero-order valence-corrected chi connectivity index (χ0v) is 10.3. The number of ether oxygens (including phenoxy) is 1. The van der Waals surface area contributed by atoms with Gasteiger partial charge in [-0.25, -0.2) is 18.6 Å². The van der Waals surface area contributed by atoms with Crippen molar-refractivity contribution >= 4 is 17.3 Å². The third-order valence-electron chi connectivity index (χ3n) is 2.29. The third-order valence-corrected chi connectivity index (χ3v) is 2.50. The molecule has 1 aromatic carbocycles. The van der Waals surface area contributed by atoms with Crippen molar-refractivity contribution in [1.82, 2.24) is 4.98 Å². The maximum Gasteiger partial charge on any atom is 0.190 e. The van der Waals surface area contributed by atoms with Gasteiger partial charge in [0.2, 0.25) is 0 Å². The van der Waals surface area contributed by atoms with Crippen LogP contribution in [0.25, 0.3) is 4.85 Å². The highest BCUT2D eigenvalue weighted by molar-refractivity contribution is 6.29. The van der Waals surface area contributed by atoms with Gasteiger partial charge in [0, 0.05) is 0 Å². The summed E-state index contributed by atoms with van der Waals surface area (Å²) < 4.78 is 32.0. The van der Waals surface area contributed by atoms with Crippen LogP contribution in [-0.4, -0.2) is 4.98 Å². The van der Waals surface area contributed by atoms with Crippen LogP contribution in [0.15, 0.2) is 30.3 Å². The van der Waals surface area contributed by atoms with Crippen LogP contribution in [0, 0.1) is 18.2 Å². The highest BCUT2D eigenvalue weighted by Gasteiger charge is 2.09. The van der Waals surface area contributed by atoms with Gasteiger partial charge in [-0.2, -0.15) is 0 Å². The number of hydrogen-bond donors (Lipinski definition) is 0. The number of aromatic nitrogens is 1. The minimum atomic E-state index is -0.684. The molecule has 1 aromatic heterocycles. The SMILES string of the molecule is [C-]#[N+]c1ccc(OCc2nc(Cl)ccc2F)c(F)c1. The standard InChI is InChI=1S/C13H7ClF2N2O/c1-17-8-2-4-12(10(16)6-8)19-7-11-9(15)3-5-13(14)18-11/h2-6H,7H2. The fraction of sp³-hybridized carbons (Fsp3) is 0.0769. The van der Waals surface area contributed by atoms with Gasteiger partial charge in [0.15, 0.2) is 17.3 Å². The normalized spacial score (nSPS) is 10.0. The molecule has 0 saturated carbocycles. The van der Waals surface area contributed by atoms with Crippen molar-refractivity contribution in [3.05, 3.63) is 64.2 Å². The number of rotatable bonds is 3. The van der Waals surface area contributed by atoms with Gasteiger partial charge >= 0.3 is 0 Å². The number of benzene rings is 1. The van der Waals surface area contributed by atoms with Crippen molar-refractivity contribution in [2.45, 2.75) is 6.61 Å². The summed E-state index contributed by atoms with van der Waals surface area (Å²) in [6.07, 6.45) is 0. The summed E-state index contributed by atoms with van der Waals surface area (Å²) in [5.74, 6) is -1.34. The summed E-state index contributed by atoms with van der Waals surface area (Å²) in [5, 5.41) is 0.129. The zero-order chi connectivity index (χ0) is 13.8. The Morgan fingerprint density at radius 1 is 1.21 bits per heavy atom. The van der Waals surface area contributed by atoms with Gasteiger partial charge in [0.25, 0.3) is 0 Å². The first-order chi connectivity index (χ1) is 9.10. The monoisotopic (exact) mass is 280 g/mol. The van der Waals surface area contributed by atoms with Crippen LogP contribution in [0.1, 0.15) is 5.69 Å². The van der Waals surface area contributed by atoms with Gasteiger partial charge in [0.1, 0.15) is 23.3 Å². The lowest BCUT2D eigenvalue weighted by Crippen LogP contribution is -2.02. The minimum Gasteiger partial charge on any atom is -0.484 e. The van der Waals surface area contributed by atoms with Crippen molar-refractivity contribution < 1.29 is 13.5 Å². The maximum absolute atomic E-state index is 13.5. The van der Waals surface area contributed by atoms with Crippen LogP contribution in [0.5, 0.6) is 5.75 Å². The molecule has 3 nitrogen and oxygen atoms in total. The molecule has 6 heteroatoms. The van der Waals surface area contributed by atoms with E-state index < -0.39 is 11.6 Å². The number of pyridine rings is 1. The molecule has 2 aromatic rings. The van der Waals surface area contributed by atoms with Crippen LogP contribution < -0.4 is 4.74 Å². The van der Waals surface area contributed by atoms with E-state index in [4.69, 9.17) is 22.9 Å². The van der Waals surface area contributed by atoms with Gasteiger partial charge < -0.3 is 4.74 Å². The smallest absolute Gasteiger partial charge is 0.190 e. The van der Waals surface area contributed by atoms with Gasteiger partial charge in [0.05, 0.1) is 6.57 Å². The molecule has 2 rings (SSSR count). The van der Waals surface area contributed by atoms with Crippen LogP contribution >= 0.6 is 11.6 Å². The van der Waals surface area contributed by atoms with Gasteiger partial charge in [-0.05, 0) is 24.3 Å².